The highest BCUT2D eigenvalue weighted by atomic mass is 16.5. The van der Waals surface area contributed by atoms with Crippen molar-refractivity contribution in [3.63, 3.8) is 0 Å². The molecular weight excluding hydrogens is 364 g/mol. The van der Waals surface area contributed by atoms with E-state index < -0.39 is 0 Å². The molecule has 150 valence electrons. The van der Waals surface area contributed by atoms with Gasteiger partial charge in [-0.25, -0.2) is 0 Å². The maximum absolute atomic E-state index is 12.2. The molecular formula is C24H27N2O3+. The van der Waals surface area contributed by atoms with Crippen molar-refractivity contribution in [2.24, 2.45) is 0 Å². The van der Waals surface area contributed by atoms with Crippen LogP contribution in [0.15, 0.2) is 73.1 Å². The predicted octanol–water partition coefficient (Wildman–Crippen LogP) is 2.94. The Morgan fingerprint density at radius 2 is 1.55 bits per heavy atom. The van der Waals surface area contributed by atoms with Gasteiger partial charge >= 0.3 is 0 Å². The Labute approximate surface area is 171 Å². The average molecular weight is 391 g/mol. The molecule has 1 N–H and O–H groups in total. The summed E-state index contributed by atoms with van der Waals surface area (Å²) in [6.45, 7) is 0.874. The van der Waals surface area contributed by atoms with E-state index in [-0.39, 0.29) is 5.91 Å². The molecule has 1 heterocycles. The highest BCUT2D eigenvalue weighted by Crippen LogP contribution is 2.27. The molecule has 0 fully saturated rings. The number of methoxy groups -OCH3 is 2. The number of hydrogen-bond acceptors (Lipinski definition) is 3. The molecule has 0 saturated heterocycles. The zero-order valence-electron chi connectivity index (χ0n) is 16.9. The SMILES string of the molecule is COc1ccc(CCNC(=O)C[n+]2ccc(Cc3ccccc3)cc2)cc1OC. The summed E-state index contributed by atoms with van der Waals surface area (Å²) in [6.07, 6.45) is 5.52. The minimum absolute atomic E-state index is 0.00807. The summed E-state index contributed by atoms with van der Waals surface area (Å²) in [4.78, 5) is 12.2. The molecule has 0 atom stereocenters. The molecule has 29 heavy (non-hydrogen) atoms. The second-order valence-corrected chi connectivity index (χ2v) is 6.83. The zero-order chi connectivity index (χ0) is 20.5. The van der Waals surface area contributed by atoms with Crippen molar-refractivity contribution < 1.29 is 18.8 Å². The molecule has 0 unspecified atom stereocenters. The third-order valence-electron chi connectivity index (χ3n) is 4.72. The monoisotopic (exact) mass is 391 g/mol. The van der Waals surface area contributed by atoms with Gasteiger partial charge in [0.05, 0.1) is 14.2 Å². The van der Waals surface area contributed by atoms with Crippen molar-refractivity contribution in [3.05, 3.63) is 89.7 Å². The summed E-state index contributed by atoms with van der Waals surface area (Å²) in [5, 5.41) is 2.97. The predicted molar refractivity (Wildman–Crippen MR) is 112 cm³/mol. The summed E-state index contributed by atoms with van der Waals surface area (Å²) in [5.41, 5.74) is 3.58. The smallest absolute Gasteiger partial charge is 0.285 e. The molecule has 3 aromatic rings. The minimum Gasteiger partial charge on any atom is -0.493 e. The van der Waals surface area contributed by atoms with Crippen molar-refractivity contribution >= 4 is 5.91 Å². The molecule has 0 radical (unpaired) electrons. The van der Waals surface area contributed by atoms with E-state index in [4.69, 9.17) is 9.47 Å². The van der Waals surface area contributed by atoms with Crippen LogP contribution in [0.1, 0.15) is 16.7 Å². The topological polar surface area (TPSA) is 51.4 Å². The molecule has 3 rings (SSSR count). The van der Waals surface area contributed by atoms with Crippen LogP contribution in [0.25, 0.3) is 0 Å². The van der Waals surface area contributed by atoms with Crippen molar-refractivity contribution in [2.75, 3.05) is 20.8 Å². The molecule has 2 aromatic carbocycles. The highest BCUT2D eigenvalue weighted by Gasteiger charge is 2.10. The van der Waals surface area contributed by atoms with Gasteiger partial charge in [-0.3, -0.25) is 4.79 Å². The van der Waals surface area contributed by atoms with Crippen molar-refractivity contribution in [1.29, 1.82) is 0 Å². The van der Waals surface area contributed by atoms with Crippen LogP contribution in [0, 0.1) is 0 Å². The van der Waals surface area contributed by atoms with E-state index in [2.05, 4.69) is 29.6 Å². The number of hydrogen-bond donors (Lipinski definition) is 1. The van der Waals surface area contributed by atoms with E-state index in [0.717, 1.165) is 18.4 Å². The van der Waals surface area contributed by atoms with E-state index in [1.165, 1.54) is 11.1 Å². The fourth-order valence-electron chi connectivity index (χ4n) is 3.15. The largest absolute Gasteiger partial charge is 0.493 e. The molecule has 0 aliphatic heterocycles. The molecule has 5 heteroatoms. The zero-order valence-corrected chi connectivity index (χ0v) is 16.9. The Hall–Kier alpha value is -3.34. The molecule has 0 spiro atoms. The van der Waals surface area contributed by atoms with Crippen LogP contribution < -0.4 is 19.4 Å². The van der Waals surface area contributed by atoms with Crippen molar-refractivity contribution in [1.82, 2.24) is 5.32 Å². The Morgan fingerprint density at radius 1 is 0.862 bits per heavy atom. The van der Waals surface area contributed by atoms with Gasteiger partial charge in [0.25, 0.3) is 5.91 Å². The fraction of sp³-hybridized carbons (Fsp3) is 0.250. The Bertz CT molecular complexity index is 925. The van der Waals surface area contributed by atoms with Crippen LogP contribution in [0.2, 0.25) is 0 Å². The summed E-state index contributed by atoms with van der Waals surface area (Å²) in [7, 11) is 3.23. The first-order valence-electron chi connectivity index (χ1n) is 9.67. The van der Waals surface area contributed by atoms with E-state index >= 15 is 0 Å². The lowest BCUT2D eigenvalue weighted by Crippen LogP contribution is -2.42. The first-order valence-corrected chi connectivity index (χ1v) is 9.67. The number of amides is 1. The molecule has 0 aliphatic carbocycles. The van der Waals surface area contributed by atoms with E-state index in [0.29, 0.717) is 24.6 Å². The van der Waals surface area contributed by atoms with Crippen LogP contribution in [-0.2, 0) is 24.2 Å². The van der Waals surface area contributed by atoms with Crippen molar-refractivity contribution in [2.45, 2.75) is 19.4 Å². The van der Waals surface area contributed by atoms with Gasteiger partial charge in [-0.1, -0.05) is 36.4 Å². The summed E-state index contributed by atoms with van der Waals surface area (Å²) in [5.74, 6) is 1.39. The lowest BCUT2D eigenvalue weighted by atomic mass is 10.1. The Kier molecular flexibility index (Phi) is 7.22. The number of carbonyl (C=O) groups is 1. The number of nitrogens with zero attached hydrogens (tertiary/aromatic N) is 1. The Morgan fingerprint density at radius 3 is 2.24 bits per heavy atom. The number of aromatic nitrogens is 1. The molecule has 0 aliphatic rings. The third kappa shape index (κ3) is 6.07. The maximum Gasteiger partial charge on any atom is 0.285 e. The van der Waals surface area contributed by atoms with Crippen LogP contribution in [0.4, 0.5) is 0 Å². The van der Waals surface area contributed by atoms with Gasteiger partial charge in [0.1, 0.15) is 0 Å². The molecule has 1 amide bonds. The van der Waals surface area contributed by atoms with Gasteiger partial charge < -0.3 is 14.8 Å². The minimum atomic E-state index is -0.00807. The van der Waals surface area contributed by atoms with Crippen LogP contribution in [0.3, 0.4) is 0 Å². The second-order valence-electron chi connectivity index (χ2n) is 6.83. The van der Waals surface area contributed by atoms with E-state index in [9.17, 15) is 4.79 Å². The lowest BCUT2D eigenvalue weighted by Gasteiger charge is -2.09. The first kappa shape index (κ1) is 20.4. The van der Waals surface area contributed by atoms with Gasteiger partial charge in [0.15, 0.2) is 23.9 Å². The van der Waals surface area contributed by atoms with E-state index in [1.807, 2.05) is 53.4 Å². The van der Waals surface area contributed by atoms with Gasteiger partial charge in [-0.2, -0.15) is 4.57 Å². The van der Waals surface area contributed by atoms with Crippen LogP contribution >= 0.6 is 0 Å². The molecule has 0 bridgehead atoms. The standard InChI is InChI=1S/C24H26N2O3/c1-28-22-9-8-20(17-23(22)29-2)10-13-25-24(27)18-26-14-11-21(12-15-26)16-19-6-4-3-5-7-19/h3-9,11-12,14-15,17H,10,13,16,18H2,1-2H3/p+1. The van der Waals surface area contributed by atoms with Gasteiger partial charge in [-0.05, 0) is 41.7 Å². The molecule has 0 saturated carbocycles. The fourth-order valence-corrected chi connectivity index (χ4v) is 3.15. The molecule has 1 aromatic heterocycles. The van der Waals surface area contributed by atoms with Gasteiger partial charge in [-0.15, -0.1) is 0 Å². The normalized spacial score (nSPS) is 10.4. The number of benzene rings is 2. The number of rotatable bonds is 9. The van der Waals surface area contributed by atoms with Crippen molar-refractivity contribution in [3.8, 4) is 11.5 Å². The number of carbonyl (C=O) groups excluding carboxylic acids is 1. The van der Waals surface area contributed by atoms with Crippen LogP contribution in [-0.4, -0.2) is 26.7 Å². The van der Waals surface area contributed by atoms with Gasteiger partial charge in [0.2, 0.25) is 6.54 Å². The molecule has 5 nitrogen and oxygen atoms in total. The second kappa shape index (κ2) is 10.3. The number of ether oxygens (including phenoxy) is 2. The average Bonchev–Trinajstić information content (AvgIpc) is 2.75. The van der Waals surface area contributed by atoms with Crippen LogP contribution in [0.5, 0.6) is 11.5 Å². The number of pyridine rings is 1. The summed E-state index contributed by atoms with van der Waals surface area (Å²) >= 11 is 0. The third-order valence-corrected chi connectivity index (χ3v) is 4.72. The summed E-state index contributed by atoms with van der Waals surface area (Å²) < 4.78 is 12.4. The Balaban J connectivity index is 1.46. The maximum atomic E-state index is 12.2. The number of nitrogens with one attached hydrogen (secondary N) is 1. The summed E-state index contributed by atoms with van der Waals surface area (Å²) in [6, 6.07) is 20.3. The highest BCUT2D eigenvalue weighted by molar-refractivity contribution is 5.74. The van der Waals surface area contributed by atoms with Gasteiger partial charge in [0, 0.05) is 18.7 Å². The lowest BCUT2D eigenvalue weighted by molar-refractivity contribution is -0.684. The first-order chi connectivity index (χ1) is 14.2. The quantitative estimate of drug-likeness (QED) is 0.571. The van der Waals surface area contributed by atoms with E-state index in [1.54, 1.807) is 14.2 Å².